The van der Waals surface area contributed by atoms with Crippen molar-refractivity contribution in [1.82, 2.24) is 14.9 Å². The van der Waals surface area contributed by atoms with Crippen molar-refractivity contribution in [1.29, 1.82) is 0 Å². The van der Waals surface area contributed by atoms with Crippen molar-refractivity contribution in [3.63, 3.8) is 0 Å². The lowest BCUT2D eigenvalue weighted by Gasteiger charge is -2.25. The monoisotopic (exact) mass is 797 g/mol. The van der Waals surface area contributed by atoms with Crippen molar-refractivity contribution >= 4 is 44.9 Å². The molecule has 4 heterocycles. The van der Waals surface area contributed by atoms with Gasteiger partial charge >= 0.3 is 0 Å². The van der Waals surface area contributed by atoms with Gasteiger partial charge in [-0.2, -0.15) is 0 Å². The standard InChI is InChI=1S/C53H47N7O/c1-35-16-20-37(21-17-35)50-55-51(38-22-18-36(2)19-23-38)57-52(56-50)45-32-44-43-13-6-7-14-46(43)60(49-15-8-9-28-54-49)47(44)33-48(45)61-42-12-10-11-41(31-42)59-30-29-58(34-59)40-26-24-39(25-27-40)53(3,4)5/h6-33,50H,34H2,1-5H3,(H,55,56,57). The van der Waals surface area contributed by atoms with Gasteiger partial charge in [0.2, 0.25) is 0 Å². The topological polar surface area (TPSA) is 70.3 Å². The molecule has 61 heavy (non-hydrogen) atoms. The molecule has 10 rings (SSSR count). The van der Waals surface area contributed by atoms with Gasteiger partial charge in [0.1, 0.15) is 29.3 Å². The number of aliphatic imine (C=N–C) groups is 2. The highest BCUT2D eigenvalue weighted by atomic mass is 16.5. The number of nitrogens with zero attached hydrogens (tertiary/aromatic N) is 6. The van der Waals surface area contributed by atoms with Crippen LogP contribution in [0.15, 0.2) is 180 Å². The zero-order chi connectivity index (χ0) is 41.7. The van der Waals surface area contributed by atoms with Crippen LogP contribution in [0.5, 0.6) is 11.5 Å². The SMILES string of the molecule is Cc1ccc(C2=NC(c3cc4c5ccccc5n(-c5ccccn5)c4cc3Oc3cccc(N4C=CN(c5ccc(C(C)(C)C)cc5)C4)c3)=NC(c3ccc(C)cc3)N2)cc1. The van der Waals surface area contributed by atoms with E-state index in [0.29, 0.717) is 24.0 Å². The smallest absolute Gasteiger partial charge is 0.163 e. The van der Waals surface area contributed by atoms with E-state index in [-0.39, 0.29) is 11.6 Å². The quantitative estimate of drug-likeness (QED) is 0.166. The van der Waals surface area contributed by atoms with Gasteiger partial charge in [-0.3, -0.25) is 4.57 Å². The molecule has 2 aliphatic rings. The molecule has 0 fully saturated rings. The number of ether oxygens (including phenoxy) is 1. The van der Waals surface area contributed by atoms with Crippen molar-refractivity contribution in [3.05, 3.63) is 204 Å². The predicted octanol–water partition coefficient (Wildman–Crippen LogP) is 12.1. The molecule has 0 amide bonds. The Hall–Kier alpha value is -7.45. The summed E-state index contributed by atoms with van der Waals surface area (Å²) in [5, 5.41) is 5.79. The Morgan fingerprint density at radius 2 is 1.38 bits per heavy atom. The van der Waals surface area contributed by atoms with Crippen LogP contribution in [0.2, 0.25) is 0 Å². The zero-order valence-corrected chi connectivity index (χ0v) is 35.0. The molecule has 8 nitrogen and oxygen atoms in total. The molecule has 0 radical (unpaired) electrons. The minimum absolute atomic E-state index is 0.101. The molecule has 0 saturated carbocycles. The van der Waals surface area contributed by atoms with E-state index in [9.17, 15) is 0 Å². The Morgan fingerprint density at radius 1 is 0.656 bits per heavy atom. The number of hydrogen-bond acceptors (Lipinski definition) is 7. The second kappa shape index (κ2) is 15.3. The molecular formula is C53H47N7O. The van der Waals surface area contributed by atoms with E-state index in [4.69, 9.17) is 19.7 Å². The highest BCUT2D eigenvalue weighted by molar-refractivity contribution is 6.17. The summed E-state index contributed by atoms with van der Waals surface area (Å²) in [7, 11) is 0. The minimum atomic E-state index is -0.374. The van der Waals surface area contributed by atoms with Crippen LogP contribution in [0.1, 0.15) is 60.3 Å². The van der Waals surface area contributed by atoms with Crippen LogP contribution in [0.25, 0.3) is 27.6 Å². The first-order chi connectivity index (χ1) is 29.6. The molecule has 2 aromatic heterocycles. The molecule has 1 atom stereocenters. The Labute approximate surface area is 356 Å². The van der Waals surface area contributed by atoms with E-state index < -0.39 is 0 Å². The van der Waals surface area contributed by atoms with Crippen molar-refractivity contribution < 1.29 is 4.74 Å². The lowest BCUT2D eigenvalue weighted by molar-refractivity contribution is 0.482. The summed E-state index contributed by atoms with van der Waals surface area (Å²) in [5.41, 5.74) is 10.8. The minimum Gasteiger partial charge on any atom is -0.456 e. The normalized spacial score (nSPS) is 15.3. The van der Waals surface area contributed by atoms with Crippen molar-refractivity contribution in [2.24, 2.45) is 9.98 Å². The van der Waals surface area contributed by atoms with E-state index in [1.807, 2.05) is 36.5 Å². The summed E-state index contributed by atoms with van der Waals surface area (Å²) in [6.07, 6.45) is 5.71. The Balaban J connectivity index is 1.09. The number of amidine groups is 2. The number of aromatic nitrogens is 2. The largest absolute Gasteiger partial charge is 0.456 e. The Bertz CT molecular complexity index is 2990. The number of para-hydroxylation sites is 1. The number of anilines is 2. The average molecular weight is 798 g/mol. The number of aryl methyl sites for hydroxylation is 2. The van der Waals surface area contributed by atoms with E-state index >= 15 is 0 Å². The maximum atomic E-state index is 7.06. The molecule has 300 valence electrons. The first kappa shape index (κ1) is 37.8. The van der Waals surface area contributed by atoms with Crippen LogP contribution in [0.4, 0.5) is 11.4 Å². The first-order valence-electron chi connectivity index (χ1n) is 20.8. The van der Waals surface area contributed by atoms with Crippen molar-refractivity contribution in [2.75, 3.05) is 16.5 Å². The zero-order valence-electron chi connectivity index (χ0n) is 35.0. The number of nitrogens with one attached hydrogen (secondary N) is 1. The number of benzene rings is 6. The third kappa shape index (κ3) is 7.42. The van der Waals surface area contributed by atoms with Gasteiger partial charge in [0, 0.05) is 58.4 Å². The summed E-state index contributed by atoms with van der Waals surface area (Å²) in [5.74, 6) is 3.49. The summed E-state index contributed by atoms with van der Waals surface area (Å²) >= 11 is 0. The van der Waals surface area contributed by atoms with Gasteiger partial charge < -0.3 is 19.9 Å². The summed E-state index contributed by atoms with van der Waals surface area (Å²) in [4.78, 5) is 19.9. The molecule has 6 aromatic carbocycles. The maximum Gasteiger partial charge on any atom is 0.163 e. The highest BCUT2D eigenvalue weighted by Crippen LogP contribution is 2.40. The fourth-order valence-corrected chi connectivity index (χ4v) is 8.10. The lowest BCUT2D eigenvalue weighted by Crippen LogP contribution is -2.33. The summed E-state index contributed by atoms with van der Waals surface area (Å²) < 4.78 is 9.26. The molecule has 1 N–H and O–H groups in total. The molecule has 0 spiro atoms. The van der Waals surface area contributed by atoms with Crippen LogP contribution in [-0.4, -0.2) is 27.9 Å². The number of pyridine rings is 1. The first-order valence-corrected chi connectivity index (χ1v) is 20.8. The molecule has 2 aliphatic heterocycles. The van der Waals surface area contributed by atoms with Gasteiger partial charge in [-0.05, 0) is 78.9 Å². The number of hydrogen-bond donors (Lipinski definition) is 1. The summed E-state index contributed by atoms with van der Waals surface area (Å²) in [6.45, 7) is 11.6. The Kier molecular flexibility index (Phi) is 9.48. The molecule has 0 aliphatic carbocycles. The van der Waals surface area contributed by atoms with Gasteiger partial charge in [-0.25, -0.2) is 15.0 Å². The van der Waals surface area contributed by atoms with Crippen molar-refractivity contribution in [3.8, 4) is 17.3 Å². The fraction of sp³-hybridized carbons (Fsp3) is 0.151. The van der Waals surface area contributed by atoms with Gasteiger partial charge in [-0.15, -0.1) is 0 Å². The van der Waals surface area contributed by atoms with Crippen LogP contribution < -0.4 is 19.9 Å². The van der Waals surface area contributed by atoms with Gasteiger partial charge in [0.25, 0.3) is 0 Å². The number of rotatable bonds is 8. The average Bonchev–Trinajstić information content (AvgIpc) is 3.90. The molecule has 0 saturated heterocycles. The van der Waals surface area contributed by atoms with Crippen LogP contribution in [0.3, 0.4) is 0 Å². The molecule has 8 aromatic rings. The second-order valence-electron chi connectivity index (χ2n) is 16.9. The third-order valence-corrected chi connectivity index (χ3v) is 11.5. The predicted molar refractivity (Wildman–Crippen MR) is 251 cm³/mol. The number of fused-ring (bicyclic) bond motifs is 3. The van der Waals surface area contributed by atoms with Crippen LogP contribution >= 0.6 is 0 Å². The van der Waals surface area contributed by atoms with Crippen LogP contribution in [0, 0.1) is 13.8 Å². The highest BCUT2D eigenvalue weighted by Gasteiger charge is 2.26. The third-order valence-electron chi connectivity index (χ3n) is 11.5. The van der Waals surface area contributed by atoms with Gasteiger partial charge in [0.15, 0.2) is 5.84 Å². The van der Waals surface area contributed by atoms with E-state index in [2.05, 4.69) is 188 Å². The van der Waals surface area contributed by atoms with E-state index in [1.54, 1.807) is 0 Å². The fourth-order valence-electron chi connectivity index (χ4n) is 8.10. The van der Waals surface area contributed by atoms with Crippen LogP contribution in [-0.2, 0) is 5.41 Å². The molecule has 0 bridgehead atoms. The van der Waals surface area contributed by atoms with E-state index in [1.165, 1.54) is 16.7 Å². The van der Waals surface area contributed by atoms with Gasteiger partial charge in [0.05, 0.1) is 23.3 Å². The molecule has 8 heteroatoms. The van der Waals surface area contributed by atoms with Gasteiger partial charge in [-0.1, -0.05) is 123 Å². The van der Waals surface area contributed by atoms with E-state index in [0.717, 1.165) is 61.5 Å². The Morgan fingerprint density at radius 3 is 2.11 bits per heavy atom. The van der Waals surface area contributed by atoms with Crippen molar-refractivity contribution in [2.45, 2.75) is 46.2 Å². The second-order valence-corrected chi connectivity index (χ2v) is 16.9. The summed E-state index contributed by atoms with van der Waals surface area (Å²) in [6, 6.07) is 52.9. The molecule has 1 unspecified atom stereocenters. The lowest BCUT2D eigenvalue weighted by atomic mass is 9.87. The maximum absolute atomic E-state index is 7.06. The molecular weight excluding hydrogens is 751 g/mol.